The number of fused-ring (bicyclic) bond motifs is 2. The first-order valence-electron chi connectivity index (χ1n) is 12.9. The van der Waals surface area contributed by atoms with Crippen molar-refractivity contribution < 1.29 is 13.9 Å². The smallest absolute Gasteiger partial charge is 0.410 e. The van der Waals surface area contributed by atoms with Gasteiger partial charge in [-0.3, -0.25) is 4.68 Å². The molecule has 0 spiro atoms. The predicted octanol–water partition coefficient (Wildman–Crippen LogP) is 5.97. The third-order valence-electron chi connectivity index (χ3n) is 6.74. The Balaban J connectivity index is 1.25. The highest BCUT2D eigenvalue weighted by Crippen LogP contribution is 2.36. The van der Waals surface area contributed by atoms with Gasteiger partial charge in [-0.2, -0.15) is 10.1 Å². The van der Waals surface area contributed by atoms with Crippen molar-refractivity contribution in [3.05, 3.63) is 59.8 Å². The van der Waals surface area contributed by atoms with E-state index in [0.717, 1.165) is 50.1 Å². The van der Waals surface area contributed by atoms with Crippen molar-refractivity contribution >= 4 is 45.6 Å². The molecule has 0 radical (unpaired) electrons. The molecule has 5 aromatic rings. The van der Waals surface area contributed by atoms with Crippen LogP contribution in [0.15, 0.2) is 53.1 Å². The zero-order valence-corrected chi connectivity index (χ0v) is 22.6. The monoisotopic (exact) mass is 525 g/mol. The molecule has 1 aliphatic heterocycles. The van der Waals surface area contributed by atoms with Crippen molar-refractivity contribution in [1.82, 2.24) is 24.6 Å². The van der Waals surface area contributed by atoms with Gasteiger partial charge in [-0.1, -0.05) is 18.2 Å². The van der Waals surface area contributed by atoms with Gasteiger partial charge in [0.2, 0.25) is 0 Å². The number of carbonyl (C=O) groups excluding carboxylic acids is 1. The van der Waals surface area contributed by atoms with E-state index in [0.29, 0.717) is 24.9 Å². The van der Waals surface area contributed by atoms with E-state index in [1.54, 1.807) is 11.1 Å². The number of ether oxygens (including phenoxy) is 1. The number of benzene rings is 2. The third-order valence-corrected chi connectivity index (χ3v) is 6.74. The number of anilines is 3. The van der Waals surface area contributed by atoms with Gasteiger partial charge < -0.3 is 25.1 Å². The largest absolute Gasteiger partial charge is 0.444 e. The quantitative estimate of drug-likeness (QED) is 0.294. The fraction of sp³-hybridized carbons (Fsp3) is 0.310. The lowest BCUT2D eigenvalue weighted by Crippen LogP contribution is -2.52. The molecule has 10 nitrogen and oxygen atoms in total. The first kappa shape index (κ1) is 24.7. The normalized spacial score (nSPS) is 14.1. The van der Waals surface area contributed by atoms with E-state index in [1.807, 2.05) is 75.7 Å². The van der Waals surface area contributed by atoms with Gasteiger partial charge in [-0.05, 0) is 70.0 Å². The molecular weight excluding hydrogens is 494 g/mol. The number of amides is 1. The topological polar surface area (TPSA) is 124 Å². The molecule has 0 atom stereocenters. The van der Waals surface area contributed by atoms with Gasteiger partial charge in [0.05, 0.1) is 16.9 Å². The lowest BCUT2D eigenvalue weighted by Gasteiger charge is -2.39. The van der Waals surface area contributed by atoms with Gasteiger partial charge in [-0.15, -0.1) is 0 Å². The Labute approximate surface area is 225 Å². The molecule has 2 aromatic carbocycles. The number of oxazole rings is 1. The van der Waals surface area contributed by atoms with E-state index in [2.05, 4.69) is 21.4 Å². The number of nitrogens with one attached hydrogen (secondary N) is 1. The van der Waals surface area contributed by atoms with Crippen LogP contribution in [0, 0.1) is 13.8 Å². The molecule has 0 unspecified atom stereocenters. The molecule has 200 valence electrons. The summed E-state index contributed by atoms with van der Waals surface area (Å²) in [6.07, 6.45) is 1.37. The number of pyridine rings is 1. The molecule has 4 heterocycles. The van der Waals surface area contributed by atoms with Crippen molar-refractivity contribution in [2.75, 3.05) is 24.1 Å². The van der Waals surface area contributed by atoms with Crippen LogP contribution in [0.5, 0.6) is 0 Å². The second-order valence-electron chi connectivity index (χ2n) is 11.1. The van der Waals surface area contributed by atoms with Crippen LogP contribution in [0.25, 0.3) is 33.3 Å². The highest BCUT2D eigenvalue weighted by molar-refractivity contribution is 6.00. The molecular formula is C29H31N7O3. The van der Waals surface area contributed by atoms with Crippen LogP contribution in [0.4, 0.5) is 22.3 Å². The van der Waals surface area contributed by atoms with E-state index in [4.69, 9.17) is 20.0 Å². The fourth-order valence-corrected chi connectivity index (χ4v) is 4.94. The van der Waals surface area contributed by atoms with Gasteiger partial charge in [0.25, 0.3) is 6.01 Å². The Bertz CT molecular complexity index is 1710. The van der Waals surface area contributed by atoms with Crippen LogP contribution in [0.3, 0.4) is 0 Å². The maximum atomic E-state index is 12.4. The van der Waals surface area contributed by atoms with Crippen LogP contribution in [0.1, 0.15) is 37.9 Å². The second kappa shape index (κ2) is 9.00. The molecule has 0 aliphatic carbocycles. The van der Waals surface area contributed by atoms with Crippen LogP contribution in [-0.4, -0.2) is 49.4 Å². The first-order valence-corrected chi connectivity index (χ1v) is 12.9. The summed E-state index contributed by atoms with van der Waals surface area (Å²) >= 11 is 0. The average Bonchev–Trinajstić information content (AvgIpc) is 3.40. The molecule has 39 heavy (non-hydrogen) atoms. The van der Waals surface area contributed by atoms with Crippen LogP contribution in [0.2, 0.25) is 0 Å². The number of nitrogens with zero attached hydrogens (tertiary/aromatic N) is 5. The van der Waals surface area contributed by atoms with Crippen LogP contribution >= 0.6 is 0 Å². The van der Waals surface area contributed by atoms with Gasteiger partial charge in [-0.25, -0.2) is 9.78 Å². The Morgan fingerprint density at radius 2 is 1.87 bits per heavy atom. The number of likely N-dealkylation sites (tertiary alicyclic amines) is 1. The molecule has 1 saturated heterocycles. The van der Waals surface area contributed by atoms with E-state index in [9.17, 15) is 4.79 Å². The Kier molecular flexibility index (Phi) is 5.71. The zero-order chi connectivity index (χ0) is 27.5. The molecule has 3 aromatic heterocycles. The minimum Gasteiger partial charge on any atom is -0.444 e. The SMILES string of the molecule is Cc1cc(C)c2oc(Nc3ccc(-c4nn(C5CN(C(=O)OC(C)(C)C)C5)c5ccnc(N)c45)cc3)nc2c1. The van der Waals surface area contributed by atoms with Gasteiger partial charge in [0.1, 0.15) is 22.6 Å². The van der Waals surface area contributed by atoms with Crippen molar-refractivity contribution in [1.29, 1.82) is 0 Å². The number of carbonyl (C=O) groups is 1. The predicted molar refractivity (Wildman–Crippen MR) is 151 cm³/mol. The Morgan fingerprint density at radius 3 is 2.59 bits per heavy atom. The first-order chi connectivity index (χ1) is 18.6. The third kappa shape index (κ3) is 4.62. The Hall–Kier alpha value is -4.60. The molecule has 0 saturated carbocycles. The molecule has 1 amide bonds. The van der Waals surface area contributed by atoms with Crippen molar-refractivity contribution in [3.63, 3.8) is 0 Å². The van der Waals surface area contributed by atoms with E-state index >= 15 is 0 Å². The highest BCUT2D eigenvalue weighted by Gasteiger charge is 2.36. The van der Waals surface area contributed by atoms with Crippen molar-refractivity contribution in [2.45, 2.75) is 46.3 Å². The number of aryl methyl sites for hydroxylation is 2. The number of rotatable bonds is 4. The lowest BCUT2D eigenvalue weighted by molar-refractivity contribution is 0.000188. The summed E-state index contributed by atoms with van der Waals surface area (Å²) in [5.74, 6) is 0.413. The minimum atomic E-state index is -0.534. The summed E-state index contributed by atoms with van der Waals surface area (Å²) in [6, 6.07) is 14.3. The fourth-order valence-electron chi connectivity index (χ4n) is 4.94. The zero-order valence-electron chi connectivity index (χ0n) is 22.6. The number of nitrogens with two attached hydrogens (primary N) is 1. The van der Waals surface area contributed by atoms with E-state index in [1.165, 1.54) is 0 Å². The van der Waals surface area contributed by atoms with Crippen LogP contribution < -0.4 is 11.1 Å². The summed E-state index contributed by atoms with van der Waals surface area (Å²) in [5.41, 5.74) is 12.9. The highest BCUT2D eigenvalue weighted by atomic mass is 16.6. The number of nitrogen functional groups attached to an aromatic ring is 1. The van der Waals surface area contributed by atoms with Gasteiger partial charge in [0, 0.05) is 30.5 Å². The number of hydrogen-bond donors (Lipinski definition) is 2. The molecule has 0 bridgehead atoms. The molecule has 1 aliphatic rings. The number of aromatic nitrogens is 4. The molecule has 1 fully saturated rings. The Morgan fingerprint density at radius 1 is 1.13 bits per heavy atom. The maximum Gasteiger partial charge on any atom is 0.410 e. The summed E-state index contributed by atoms with van der Waals surface area (Å²) < 4.78 is 13.4. The summed E-state index contributed by atoms with van der Waals surface area (Å²) in [5, 5.41) is 8.98. The average molecular weight is 526 g/mol. The van der Waals surface area contributed by atoms with E-state index in [-0.39, 0.29) is 12.1 Å². The summed E-state index contributed by atoms with van der Waals surface area (Å²) in [4.78, 5) is 23.0. The minimum absolute atomic E-state index is 0.0164. The maximum absolute atomic E-state index is 12.4. The van der Waals surface area contributed by atoms with Gasteiger partial charge in [0.15, 0.2) is 5.58 Å². The molecule has 6 rings (SSSR count). The van der Waals surface area contributed by atoms with Crippen molar-refractivity contribution in [3.8, 4) is 11.3 Å². The van der Waals surface area contributed by atoms with Crippen molar-refractivity contribution in [2.24, 2.45) is 0 Å². The standard InChI is InChI=1S/C29H31N7O3/c1-16-12-17(2)25-21(13-16)33-27(38-25)32-19-8-6-18(7-9-19)24-23-22(10-11-31-26(23)30)36(34-24)20-14-35(15-20)28(37)39-29(3,4)5/h6-13,20H,14-15H2,1-5H3,(H2,30,31)(H,32,33). The summed E-state index contributed by atoms with van der Waals surface area (Å²) in [6.45, 7) is 10.7. The summed E-state index contributed by atoms with van der Waals surface area (Å²) in [7, 11) is 0. The van der Waals surface area contributed by atoms with Crippen LogP contribution in [-0.2, 0) is 4.74 Å². The van der Waals surface area contributed by atoms with E-state index < -0.39 is 5.60 Å². The van der Waals surface area contributed by atoms with Gasteiger partial charge >= 0.3 is 6.09 Å². The second-order valence-corrected chi connectivity index (χ2v) is 11.1. The molecule has 3 N–H and O–H groups in total. The lowest BCUT2D eigenvalue weighted by atomic mass is 10.1. The molecule has 10 heteroatoms. The number of hydrogen-bond acceptors (Lipinski definition) is 8.